The van der Waals surface area contributed by atoms with Crippen molar-refractivity contribution in [2.24, 2.45) is 0 Å². The van der Waals surface area contributed by atoms with E-state index in [1.807, 2.05) is 55.1 Å². The molecule has 0 N–H and O–H groups in total. The standard InChI is InChI=1S/C22H21ClN2O/c1-14-5-10-19-18(13-14)20(22(26)25-11-3-4-12-25)15(2)21(24-19)16-6-8-17(23)9-7-16/h5-10,13H,3-4,11-12H2,1-2H3. The molecule has 3 aromatic rings. The quantitative estimate of drug-likeness (QED) is 0.609. The van der Waals surface area contributed by atoms with Gasteiger partial charge in [0.1, 0.15) is 0 Å². The number of rotatable bonds is 2. The third-order valence-corrected chi connectivity index (χ3v) is 5.36. The first-order valence-electron chi connectivity index (χ1n) is 9.01. The molecule has 0 aliphatic carbocycles. The zero-order valence-electron chi connectivity index (χ0n) is 15.1. The Labute approximate surface area is 158 Å². The molecule has 0 atom stereocenters. The van der Waals surface area contributed by atoms with E-state index in [9.17, 15) is 4.79 Å². The van der Waals surface area contributed by atoms with Crippen LogP contribution in [0, 0.1) is 13.8 Å². The average Bonchev–Trinajstić information content (AvgIpc) is 3.16. The van der Waals surface area contributed by atoms with Crippen molar-refractivity contribution in [1.82, 2.24) is 9.88 Å². The van der Waals surface area contributed by atoms with Crippen LogP contribution in [-0.2, 0) is 0 Å². The lowest BCUT2D eigenvalue weighted by molar-refractivity contribution is 0.0794. The number of amides is 1. The molecule has 1 aliphatic rings. The lowest BCUT2D eigenvalue weighted by atomic mass is 9.96. The second-order valence-electron chi connectivity index (χ2n) is 6.99. The van der Waals surface area contributed by atoms with Gasteiger partial charge >= 0.3 is 0 Å². The van der Waals surface area contributed by atoms with Gasteiger partial charge in [-0.15, -0.1) is 0 Å². The highest BCUT2D eigenvalue weighted by atomic mass is 35.5. The van der Waals surface area contributed by atoms with E-state index in [2.05, 4.69) is 6.07 Å². The van der Waals surface area contributed by atoms with Gasteiger partial charge in [0.05, 0.1) is 16.8 Å². The number of fused-ring (bicyclic) bond motifs is 1. The number of carbonyl (C=O) groups excluding carboxylic acids is 1. The molecule has 0 unspecified atom stereocenters. The van der Waals surface area contributed by atoms with E-state index < -0.39 is 0 Å². The zero-order valence-corrected chi connectivity index (χ0v) is 15.8. The van der Waals surface area contributed by atoms with E-state index in [1.54, 1.807) is 0 Å². The molecule has 132 valence electrons. The highest BCUT2D eigenvalue weighted by Crippen LogP contribution is 2.32. The van der Waals surface area contributed by atoms with Crippen molar-refractivity contribution < 1.29 is 4.79 Å². The van der Waals surface area contributed by atoms with Crippen LogP contribution < -0.4 is 0 Å². The highest BCUT2D eigenvalue weighted by Gasteiger charge is 2.25. The molecule has 1 saturated heterocycles. The minimum atomic E-state index is 0.119. The smallest absolute Gasteiger partial charge is 0.254 e. The highest BCUT2D eigenvalue weighted by molar-refractivity contribution is 6.30. The minimum Gasteiger partial charge on any atom is -0.339 e. The van der Waals surface area contributed by atoms with Crippen LogP contribution >= 0.6 is 11.6 Å². The Balaban J connectivity index is 1.97. The molecule has 2 aromatic carbocycles. The molecular weight excluding hydrogens is 344 g/mol. The van der Waals surface area contributed by atoms with Gasteiger partial charge in [-0.1, -0.05) is 35.4 Å². The van der Waals surface area contributed by atoms with Crippen LogP contribution in [0.1, 0.15) is 34.3 Å². The second-order valence-corrected chi connectivity index (χ2v) is 7.42. The summed E-state index contributed by atoms with van der Waals surface area (Å²) in [6, 6.07) is 13.8. The lowest BCUT2D eigenvalue weighted by Crippen LogP contribution is -2.28. The van der Waals surface area contributed by atoms with Crippen LogP contribution in [0.3, 0.4) is 0 Å². The third kappa shape index (κ3) is 2.97. The van der Waals surface area contributed by atoms with Crippen molar-refractivity contribution in [1.29, 1.82) is 0 Å². The fraction of sp³-hybridized carbons (Fsp3) is 0.273. The number of carbonyl (C=O) groups is 1. The van der Waals surface area contributed by atoms with Gasteiger partial charge in [-0.05, 0) is 56.5 Å². The predicted octanol–water partition coefficient (Wildman–Crippen LogP) is 5.41. The summed E-state index contributed by atoms with van der Waals surface area (Å²) in [5.41, 5.74) is 5.53. The van der Waals surface area contributed by atoms with E-state index in [4.69, 9.17) is 16.6 Å². The maximum absolute atomic E-state index is 13.3. The third-order valence-electron chi connectivity index (χ3n) is 5.11. The van der Waals surface area contributed by atoms with E-state index in [0.717, 1.165) is 64.8 Å². The Bertz CT molecular complexity index is 989. The van der Waals surface area contributed by atoms with Crippen LogP contribution in [0.25, 0.3) is 22.2 Å². The molecule has 0 saturated carbocycles. The number of hydrogen-bond acceptors (Lipinski definition) is 2. The van der Waals surface area contributed by atoms with E-state index in [-0.39, 0.29) is 5.91 Å². The molecule has 2 heterocycles. The molecule has 4 rings (SSSR count). The van der Waals surface area contributed by atoms with E-state index in [0.29, 0.717) is 5.02 Å². The molecule has 1 amide bonds. The van der Waals surface area contributed by atoms with Gasteiger partial charge in [0.2, 0.25) is 0 Å². The average molecular weight is 365 g/mol. The Kier molecular flexibility index (Phi) is 4.41. The number of pyridine rings is 1. The predicted molar refractivity (Wildman–Crippen MR) is 107 cm³/mol. The number of nitrogens with zero attached hydrogens (tertiary/aromatic N) is 2. The maximum Gasteiger partial charge on any atom is 0.254 e. The van der Waals surface area contributed by atoms with Crippen LogP contribution in [0.4, 0.5) is 0 Å². The number of aryl methyl sites for hydroxylation is 1. The van der Waals surface area contributed by atoms with Gasteiger partial charge in [-0.2, -0.15) is 0 Å². The van der Waals surface area contributed by atoms with Gasteiger partial charge < -0.3 is 4.90 Å². The van der Waals surface area contributed by atoms with Gasteiger partial charge in [0.25, 0.3) is 5.91 Å². The van der Waals surface area contributed by atoms with Crippen molar-refractivity contribution in [2.45, 2.75) is 26.7 Å². The molecule has 1 aromatic heterocycles. The number of halogens is 1. The van der Waals surface area contributed by atoms with Gasteiger partial charge in [0.15, 0.2) is 0 Å². The summed E-state index contributed by atoms with van der Waals surface area (Å²) in [5, 5.41) is 1.63. The zero-order chi connectivity index (χ0) is 18.3. The number of hydrogen-bond donors (Lipinski definition) is 0. The molecule has 0 radical (unpaired) electrons. The maximum atomic E-state index is 13.3. The molecular formula is C22H21ClN2O. The first kappa shape index (κ1) is 17.0. The van der Waals surface area contributed by atoms with Crippen LogP contribution in [-0.4, -0.2) is 28.9 Å². The summed E-state index contributed by atoms with van der Waals surface area (Å²) in [7, 11) is 0. The van der Waals surface area contributed by atoms with Crippen molar-refractivity contribution in [2.75, 3.05) is 13.1 Å². The Morgan fingerprint density at radius 3 is 2.42 bits per heavy atom. The van der Waals surface area contributed by atoms with Gasteiger partial charge in [-0.25, -0.2) is 4.98 Å². The van der Waals surface area contributed by atoms with Crippen molar-refractivity contribution in [3.63, 3.8) is 0 Å². The van der Waals surface area contributed by atoms with Gasteiger partial charge in [0, 0.05) is 29.1 Å². The number of aromatic nitrogens is 1. The second kappa shape index (κ2) is 6.73. The molecule has 0 spiro atoms. The van der Waals surface area contributed by atoms with Crippen molar-refractivity contribution >= 4 is 28.4 Å². The molecule has 1 fully saturated rings. The SMILES string of the molecule is Cc1ccc2nc(-c3ccc(Cl)cc3)c(C)c(C(=O)N3CCCC3)c2c1. The van der Waals surface area contributed by atoms with Crippen molar-refractivity contribution in [3.05, 3.63) is 64.2 Å². The Hall–Kier alpha value is -2.39. The van der Waals surface area contributed by atoms with E-state index in [1.165, 1.54) is 0 Å². The lowest BCUT2D eigenvalue weighted by Gasteiger charge is -2.20. The normalized spacial score (nSPS) is 14.2. The molecule has 0 bridgehead atoms. The summed E-state index contributed by atoms with van der Waals surface area (Å²) in [4.78, 5) is 20.1. The van der Waals surface area contributed by atoms with Gasteiger partial charge in [-0.3, -0.25) is 4.79 Å². The summed E-state index contributed by atoms with van der Waals surface area (Å²) in [6.07, 6.45) is 2.16. The van der Waals surface area contributed by atoms with Crippen LogP contribution in [0.5, 0.6) is 0 Å². The molecule has 4 heteroatoms. The Morgan fingerprint density at radius 1 is 1.04 bits per heavy atom. The fourth-order valence-corrected chi connectivity index (χ4v) is 3.84. The largest absolute Gasteiger partial charge is 0.339 e. The number of likely N-dealkylation sites (tertiary alicyclic amines) is 1. The monoisotopic (exact) mass is 364 g/mol. The van der Waals surface area contributed by atoms with Crippen LogP contribution in [0.15, 0.2) is 42.5 Å². The molecule has 26 heavy (non-hydrogen) atoms. The molecule has 3 nitrogen and oxygen atoms in total. The summed E-state index contributed by atoms with van der Waals surface area (Å²) in [6.45, 7) is 5.72. The van der Waals surface area contributed by atoms with Crippen LogP contribution in [0.2, 0.25) is 5.02 Å². The fourth-order valence-electron chi connectivity index (χ4n) is 3.72. The van der Waals surface area contributed by atoms with Crippen molar-refractivity contribution in [3.8, 4) is 11.3 Å². The number of benzene rings is 2. The van der Waals surface area contributed by atoms with E-state index >= 15 is 0 Å². The summed E-state index contributed by atoms with van der Waals surface area (Å²) in [5.74, 6) is 0.119. The first-order chi connectivity index (χ1) is 12.5. The molecule has 1 aliphatic heterocycles. The topological polar surface area (TPSA) is 33.2 Å². The summed E-state index contributed by atoms with van der Waals surface area (Å²) < 4.78 is 0. The Morgan fingerprint density at radius 2 is 1.73 bits per heavy atom. The minimum absolute atomic E-state index is 0.119. The summed E-state index contributed by atoms with van der Waals surface area (Å²) >= 11 is 6.04. The first-order valence-corrected chi connectivity index (χ1v) is 9.38.